The van der Waals surface area contributed by atoms with Crippen LogP contribution in [0.4, 0.5) is 0 Å². The second-order valence-corrected chi connectivity index (χ2v) is 5.70. The molecule has 5 atom stereocenters. The first kappa shape index (κ1) is 17.5. The summed E-state index contributed by atoms with van der Waals surface area (Å²) in [5, 5.41) is 48.6. The predicted molar refractivity (Wildman–Crippen MR) is 79.6 cm³/mol. The molecule has 1 saturated heterocycles. The van der Waals surface area contributed by atoms with Crippen molar-refractivity contribution in [3.63, 3.8) is 0 Å². The Bertz CT molecular complexity index is 739. The summed E-state index contributed by atoms with van der Waals surface area (Å²) in [6, 6.07) is 5.80. The normalized spacial score (nSPS) is 32.6. The lowest BCUT2D eigenvalue weighted by atomic mass is 9.92. The van der Waals surface area contributed by atoms with E-state index in [0.717, 1.165) is 0 Å². The van der Waals surface area contributed by atoms with E-state index in [9.17, 15) is 30.0 Å². The van der Waals surface area contributed by atoms with Crippen molar-refractivity contribution in [2.75, 3.05) is 6.61 Å². The zero-order chi connectivity index (χ0) is 18.3. The summed E-state index contributed by atoms with van der Waals surface area (Å²) in [6.45, 7) is -0.689. The zero-order valence-corrected chi connectivity index (χ0v) is 12.8. The van der Waals surface area contributed by atoms with Crippen LogP contribution in [0.2, 0.25) is 0 Å². The van der Waals surface area contributed by atoms with Crippen LogP contribution in [0, 0.1) is 0 Å². The summed E-state index contributed by atoms with van der Waals surface area (Å²) in [7, 11) is 0. The van der Waals surface area contributed by atoms with Gasteiger partial charge in [0.05, 0.1) is 6.61 Å². The van der Waals surface area contributed by atoms with E-state index in [1.165, 1.54) is 24.3 Å². The van der Waals surface area contributed by atoms with Crippen LogP contribution in [0.5, 0.6) is 0 Å². The van der Waals surface area contributed by atoms with Crippen LogP contribution in [-0.2, 0) is 9.47 Å². The molecule has 0 saturated carbocycles. The predicted octanol–water partition coefficient (Wildman–Crippen LogP) is -1.35. The number of rotatable bonds is 3. The van der Waals surface area contributed by atoms with Crippen molar-refractivity contribution in [2.24, 2.45) is 0 Å². The van der Waals surface area contributed by atoms with Gasteiger partial charge in [-0.3, -0.25) is 9.59 Å². The SMILES string of the molecule is O=C1C(O)=C(O[C@H]2O[C@@H](CO)[C@@H](O)[C@@H](O)[C@H]2O)C(=O)c2ccccc21. The minimum absolute atomic E-state index is 0.00453. The molecular formula is C16H16O9. The summed E-state index contributed by atoms with van der Waals surface area (Å²) in [5.41, 5.74) is 0.0102. The zero-order valence-electron chi connectivity index (χ0n) is 12.8. The average molecular weight is 352 g/mol. The van der Waals surface area contributed by atoms with Crippen LogP contribution < -0.4 is 0 Å². The maximum absolute atomic E-state index is 12.5. The standard InChI is InChI=1S/C16H16O9/c17-5-8-11(20)12(21)14(23)16(24-8)25-15-10(19)7-4-2-1-3-6(7)9(18)13(15)22/h1-4,8,11-12,14,16-17,20-23H,5H2/t8-,11+,12+,14+,16+/m0/s1. The number of hydrogen-bond donors (Lipinski definition) is 5. The van der Waals surface area contributed by atoms with Crippen molar-refractivity contribution < 1.29 is 44.6 Å². The van der Waals surface area contributed by atoms with Gasteiger partial charge in [0.1, 0.15) is 24.4 Å². The molecule has 1 aliphatic carbocycles. The Morgan fingerprint density at radius 2 is 1.56 bits per heavy atom. The van der Waals surface area contributed by atoms with Crippen LogP contribution in [-0.4, -0.2) is 74.4 Å². The molecular weight excluding hydrogens is 336 g/mol. The van der Waals surface area contributed by atoms with Gasteiger partial charge in [0.15, 0.2) is 0 Å². The maximum Gasteiger partial charge on any atom is 0.232 e. The molecule has 3 rings (SSSR count). The Kier molecular flexibility index (Phi) is 4.58. The van der Waals surface area contributed by atoms with Crippen LogP contribution >= 0.6 is 0 Å². The molecule has 0 bridgehead atoms. The molecule has 2 aliphatic rings. The molecule has 1 fully saturated rings. The van der Waals surface area contributed by atoms with Crippen LogP contribution in [0.15, 0.2) is 35.8 Å². The number of benzene rings is 1. The number of allylic oxidation sites excluding steroid dienone is 2. The number of carbonyl (C=O) groups excluding carboxylic acids is 2. The van der Waals surface area contributed by atoms with Gasteiger partial charge in [0.25, 0.3) is 0 Å². The van der Waals surface area contributed by atoms with Gasteiger partial charge >= 0.3 is 0 Å². The van der Waals surface area contributed by atoms with Gasteiger partial charge in [-0.1, -0.05) is 24.3 Å². The minimum Gasteiger partial charge on any atom is -0.501 e. The molecule has 9 nitrogen and oxygen atoms in total. The van der Waals surface area contributed by atoms with Crippen LogP contribution in [0.25, 0.3) is 0 Å². The van der Waals surface area contributed by atoms with Gasteiger partial charge in [0.2, 0.25) is 29.4 Å². The molecule has 9 heteroatoms. The highest BCUT2D eigenvalue weighted by atomic mass is 16.7. The third-order valence-corrected chi connectivity index (χ3v) is 4.14. The van der Waals surface area contributed by atoms with Crippen molar-refractivity contribution >= 4 is 11.6 Å². The Labute approximate surface area is 141 Å². The average Bonchev–Trinajstić information content (AvgIpc) is 2.63. The number of ether oxygens (including phenoxy) is 2. The van der Waals surface area contributed by atoms with Gasteiger partial charge in [-0.15, -0.1) is 0 Å². The quantitative estimate of drug-likeness (QED) is 0.444. The highest BCUT2D eigenvalue weighted by Crippen LogP contribution is 2.30. The van der Waals surface area contributed by atoms with Gasteiger partial charge in [0, 0.05) is 11.1 Å². The number of aliphatic hydroxyl groups excluding tert-OH is 5. The summed E-state index contributed by atoms with van der Waals surface area (Å²) < 4.78 is 10.3. The first-order chi connectivity index (χ1) is 11.9. The minimum atomic E-state index is -1.78. The van der Waals surface area contributed by atoms with E-state index in [4.69, 9.17) is 14.6 Å². The fourth-order valence-corrected chi connectivity index (χ4v) is 2.73. The highest BCUT2D eigenvalue weighted by molar-refractivity contribution is 6.25. The van der Waals surface area contributed by atoms with Crippen molar-refractivity contribution in [1.29, 1.82) is 0 Å². The molecule has 1 heterocycles. The molecule has 25 heavy (non-hydrogen) atoms. The van der Waals surface area contributed by atoms with E-state index < -0.39 is 60.4 Å². The fourth-order valence-electron chi connectivity index (χ4n) is 2.73. The largest absolute Gasteiger partial charge is 0.501 e. The number of ketones is 2. The molecule has 0 spiro atoms. The highest BCUT2D eigenvalue weighted by Gasteiger charge is 2.46. The molecule has 0 amide bonds. The van der Waals surface area contributed by atoms with Gasteiger partial charge < -0.3 is 35.0 Å². The van der Waals surface area contributed by atoms with E-state index in [2.05, 4.69) is 0 Å². The summed E-state index contributed by atoms with van der Waals surface area (Å²) in [4.78, 5) is 24.6. The second kappa shape index (κ2) is 6.54. The molecule has 0 aromatic heterocycles. The third-order valence-electron chi connectivity index (χ3n) is 4.14. The van der Waals surface area contributed by atoms with Crippen molar-refractivity contribution in [1.82, 2.24) is 0 Å². The number of fused-ring (bicyclic) bond motifs is 1. The maximum atomic E-state index is 12.5. The van der Waals surface area contributed by atoms with Crippen molar-refractivity contribution in [2.45, 2.75) is 30.7 Å². The molecule has 5 N–H and O–H groups in total. The summed E-state index contributed by atoms with van der Waals surface area (Å²) >= 11 is 0. The number of aliphatic hydroxyl groups is 5. The molecule has 134 valence electrons. The van der Waals surface area contributed by atoms with Crippen molar-refractivity contribution in [3.8, 4) is 0 Å². The van der Waals surface area contributed by atoms with E-state index in [-0.39, 0.29) is 11.1 Å². The monoisotopic (exact) mass is 352 g/mol. The summed E-state index contributed by atoms with van der Waals surface area (Å²) in [5.74, 6) is -3.34. The Hall–Kier alpha value is -2.30. The first-order valence-electron chi connectivity index (χ1n) is 7.45. The Morgan fingerprint density at radius 1 is 0.960 bits per heavy atom. The molecule has 0 radical (unpaired) electrons. The van der Waals surface area contributed by atoms with Crippen molar-refractivity contribution in [3.05, 3.63) is 46.9 Å². The van der Waals surface area contributed by atoms with Gasteiger partial charge in [-0.2, -0.15) is 0 Å². The van der Waals surface area contributed by atoms with Gasteiger partial charge in [-0.05, 0) is 0 Å². The lowest BCUT2D eigenvalue weighted by Crippen LogP contribution is -2.59. The lowest BCUT2D eigenvalue weighted by molar-refractivity contribution is -0.290. The Balaban J connectivity index is 1.91. The third kappa shape index (κ3) is 2.81. The van der Waals surface area contributed by atoms with Gasteiger partial charge in [-0.25, -0.2) is 0 Å². The molecule has 1 aromatic carbocycles. The van der Waals surface area contributed by atoms with Crippen LogP contribution in [0.1, 0.15) is 20.7 Å². The number of Topliss-reactive ketones (excluding diaryl/α,β-unsaturated/α-hetero) is 2. The van der Waals surface area contributed by atoms with E-state index in [0.29, 0.717) is 0 Å². The fraction of sp³-hybridized carbons (Fsp3) is 0.375. The smallest absolute Gasteiger partial charge is 0.232 e. The first-order valence-corrected chi connectivity index (χ1v) is 7.45. The van der Waals surface area contributed by atoms with Crippen LogP contribution in [0.3, 0.4) is 0 Å². The summed E-state index contributed by atoms with van der Waals surface area (Å²) in [6.07, 6.45) is -8.05. The Morgan fingerprint density at radius 3 is 2.16 bits per heavy atom. The molecule has 0 unspecified atom stereocenters. The number of carbonyl (C=O) groups is 2. The lowest BCUT2D eigenvalue weighted by Gasteiger charge is -2.39. The van der Waals surface area contributed by atoms with E-state index >= 15 is 0 Å². The topological polar surface area (TPSA) is 154 Å². The van der Waals surface area contributed by atoms with E-state index in [1.54, 1.807) is 0 Å². The molecule has 1 aromatic rings. The number of hydrogen-bond acceptors (Lipinski definition) is 9. The molecule has 1 aliphatic heterocycles. The van der Waals surface area contributed by atoms with E-state index in [1.807, 2.05) is 0 Å². The second-order valence-electron chi connectivity index (χ2n) is 5.70.